The number of nitrogens with two attached hydrogens (primary N) is 2. The Kier molecular flexibility index (Phi) is 2.71. The lowest BCUT2D eigenvalue weighted by atomic mass is 9.96. The van der Waals surface area contributed by atoms with Crippen molar-refractivity contribution in [3.8, 4) is 0 Å². The van der Waals surface area contributed by atoms with Crippen LogP contribution in [0.5, 0.6) is 0 Å². The second-order valence-corrected chi connectivity index (χ2v) is 2.93. The first-order chi connectivity index (χ1) is 5.29. The van der Waals surface area contributed by atoms with Crippen molar-refractivity contribution in [3.63, 3.8) is 0 Å². The van der Waals surface area contributed by atoms with Gasteiger partial charge in [-0.25, -0.2) is 0 Å². The maximum absolute atomic E-state index is 5.97. The molecule has 0 aromatic carbocycles. The summed E-state index contributed by atoms with van der Waals surface area (Å²) in [7, 11) is 0. The molecule has 0 fully saturated rings. The smallest absolute Gasteiger partial charge is 0.164 e. The fraction of sp³-hybridized carbons (Fsp3) is 0.375. The van der Waals surface area contributed by atoms with Gasteiger partial charge in [0.15, 0.2) is 6.21 Å². The van der Waals surface area contributed by atoms with E-state index < -0.39 is 0 Å². The molecular formula is C8H12ClN2+. The maximum Gasteiger partial charge on any atom is 0.164 e. The number of hydrogen-bond donors (Lipinski definition) is 2. The number of halogens is 1. The second-order valence-electron chi connectivity index (χ2n) is 2.55. The largest absolute Gasteiger partial charge is 0.404 e. The molecule has 3 heteroatoms. The zero-order valence-corrected chi connectivity index (χ0v) is 7.06. The molecule has 0 unspecified atom stereocenters. The molecule has 0 aromatic heterocycles. The van der Waals surface area contributed by atoms with Crippen LogP contribution >= 0.6 is 11.6 Å². The first kappa shape index (κ1) is 8.34. The molecule has 0 amide bonds. The van der Waals surface area contributed by atoms with E-state index in [0.29, 0.717) is 0 Å². The Morgan fingerprint density at radius 3 is 2.73 bits per heavy atom. The molecule has 0 radical (unpaired) electrons. The number of hydrogen-bond acceptors (Lipinski definition) is 1. The van der Waals surface area contributed by atoms with E-state index in [-0.39, 0.29) is 0 Å². The normalized spacial score (nSPS) is 22.5. The molecule has 0 saturated heterocycles. The van der Waals surface area contributed by atoms with Crippen LogP contribution in [0.3, 0.4) is 0 Å². The quantitative estimate of drug-likeness (QED) is 0.550. The van der Waals surface area contributed by atoms with Crippen molar-refractivity contribution >= 4 is 17.8 Å². The third kappa shape index (κ3) is 1.63. The van der Waals surface area contributed by atoms with Gasteiger partial charge in [0.2, 0.25) is 0 Å². The summed E-state index contributed by atoms with van der Waals surface area (Å²) in [6, 6.07) is 0. The summed E-state index contributed by atoms with van der Waals surface area (Å²) in [6.45, 7) is 0. The van der Waals surface area contributed by atoms with Crippen molar-refractivity contribution in [2.24, 2.45) is 5.73 Å². The summed E-state index contributed by atoms with van der Waals surface area (Å²) < 4.78 is 0. The Hall–Kier alpha value is -0.760. The van der Waals surface area contributed by atoms with Crippen LogP contribution in [0.2, 0.25) is 0 Å². The third-order valence-electron chi connectivity index (χ3n) is 1.86. The van der Waals surface area contributed by atoms with Gasteiger partial charge in [-0.05, 0) is 31.0 Å². The van der Waals surface area contributed by atoms with Crippen LogP contribution in [0.15, 0.2) is 22.4 Å². The summed E-state index contributed by atoms with van der Waals surface area (Å²) >= 11 is 5.97. The molecule has 60 valence electrons. The predicted molar refractivity (Wildman–Crippen MR) is 47.0 cm³/mol. The summed E-state index contributed by atoms with van der Waals surface area (Å²) in [5, 5.41) is 6.11. The molecule has 0 aromatic rings. The van der Waals surface area contributed by atoms with Gasteiger partial charge >= 0.3 is 0 Å². The van der Waals surface area contributed by atoms with E-state index in [4.69, 9.17) is 22.7 Å². The Morgan fingerprint density at radius 2 is 2.18 bits per heavy atom. The van der Waals surface area contributed by atoms with Gasteiger partial charge in [0.1, 0.15) is 0 Å². The van der Waals surface area contributed by atoms with Gasteiger partial charge in [-0.2, -0.15) is 0 Å². The Labute approximate surface area is 71.2 Å². The maximum atomic E-state index is 5.97. The Morgan fingerprint density at radius 1 is 1.45 bits per heavy atom. The highest BCUT2D eigenvalue weighted by atomic mass is 35.5. The van der Waals surface area contributed by atoms with E-state index in [1.165, 1.54) is 0 Å². The SMILES string of the molecule is N/C=C1\CCCC(C=[NH2+])=C1Cl. The zero-order chi connectivity index (χ0) is 8.27. The van der Waals surface area contributed by atoms with Gasteiger partial charge in [0.05, 0.1) is 5.03 Å². The molecule has 1 rings (SSSR count). The van der Waals surface area contributed by atoms with E-state index >= 15 is 0 Å². The van der Waals surface area contributed by atoms with E-state index in [2.05, 4.69) is 0 Å². The van der Waals surface area contributed by atoms with Crippen LogP contribution in [-0.4, -0.2) is 6.21 Å². The lowest BCUT2D eigenvalue weighted by Crippen LogP contribution is -2.31. The fourth-order valence-electron chi connectivity index (χ4n) is 1.21. The van der Waals surface area contributed by atoms with Gasteiger partial charge in [-0.15, -0.1) is 0 Å². The van der Waals surface area contributed by atoms with Gasteiger partial charge in [0, 0.05) is 5.57 Å². The number of rotatable bonds is 1. The Balaban J connectivity index is 2.97. The van der Waals surface area contributed by atoms with Crippen molar-refractivity contribution in [1.82, 2.24) is 0 Å². The molecule has 0 heterocycles. The lowest BCUT2D eigenvalue weighted by Gasteiger charge is -2.13. The minimum Gasteiger partial charge on any atom is -0.404 e. The molecule has 2 nitrogen and oxygen atoms in total. The molecule has 1 aliphatic carbocycles. The molecule has 11 heavy (non-hydrogen) atoms. The van der Waals surface area contributed by atoms with Gasteiger partial charge in [-0.3, -0.25) is 5.41 Å². The molecule has 0 bridgehead atoms. The van der Waals surface area contributed by atoms with Crippen LogP contribution in [-0.2, 0) is 0 Å². The van der Waals surface area contributed by atoms with Crippen LogP contribution in [0, 0.1) is 0 Å². The van der Waals surface area contributed by atoms with E-state index in [1.807, 2.05) is 0 Å². The van der Waals surface area contributed by atoms with E-state index in [0.717, 1.165) is 35.4 Å². The summed E-state index contributed by atoms with van der Waals surface area (Å²) in [5.74, 6) is 0. The highest BCUT2D eigenvalue weighted by molar-refractivity contribution is 6.33. The van der Waals surface area contributed by atoms with Crippen LogP contribution in [0.25, 0.3) is 0 Å². The molecule has 4 N–H and O–H groups in total. The average Bonchev–Trinajstić information content (AvgIpc) is 2.05. The second kappa shape index (κ2) is 3.58. The first-order valence-electron chi connectivity index (χ1n) is 3.64. The van der Waals surface area contributed by atoms with Crippen LogP contribution < -0.4 is 11.1 Å². The van der Waals surface area contributed by atoms with Crippen molar-refractivity contribution in [1.29, 1.82) is 0 Å². The highest BCUT2D eigenvalue weighted by Crippen LogP contribution is 2.30. The van der Waals surface area contributed by atoms with Crippen molar-refractivity contribution in [3.05, 3.63) is 22.4 Å². The highest BCUT2D eigenvalue weighted by Gasteiger charge is 2.14. The third-order valence-corrected chi connectivity index (χ3v) is 2.34. The molecule has 0 spiro atoms. The van der Waals surface area contributed by atoms with Gasteiger partial charge < -0.3 is 5.73 Å². The average molecular weight is 172 g/mol. The molecular weight excluding hydrogens is 160 g/mol. The summed E-state index contributed by atoms with van der Waals surface area (Å²) in [6.07, 6.45) is 6.14. The van der Waals surface area contributed by atoms with E-state index in [1.54, 1.807) is 12.4 Å². The topological polar surface area (TPSA) is 51.6 Å². The summed E-state index contributed by atoms with van der Waals surface area (Å²) in [5.41, 5.74) is 7.39. The molecule has 0 saturated carbocycles. The molecule has 1 aliphatic rings. The minimum atomic E-state index is 0.737. The standard InChI is InChI=1S/C8H11ClN2/c9-8-6(4-10)2-1-3-7(8)5-11/h4-5,10H,1-3,11H2/p+1/b7-5+,10-4?. The van der Waals surface area contributed by atoms with Crippen molar-refractivity contribution in [2.45, 2.75) is 19.3 Å². The summed E-state index contributed by atoms with van der Waals surface area (Å²) in [4.78, 5) is 0. The monoisotopic (exact) mass is 171 g/mol. The molecule has 0 aliphatic heterocycles. The van der Waals surface area contributed by atoms with Gasteiger partial charge in [0.25, 0.3) is 0 Å². The van der Waals surface area contributed by atoms with E-state index in [9.17, 15) is 0 Å². The molecule has 0 atom stereocenters. The fourth-order valence-corrected chi connectivity index (χ4v) is 1.52. The predicted octanol–water partition coefficient (Wildman–Crippen LogP) is 0.336. The van der Waals surface area contributed by atoms with Crippen molar-refractivity contribution in [2.75, 3.05) is 0 Å². The van der Waals surface area contributed by atoms with Crippen LogP contribution in [0.1, 0.15) is 19.3 Å². The Bertz CT molecular complexity index is 228. The zero-order valence-electron chi connectivity index (χ0n) is 6.31. The number of allylic oxidation sites excluding steroid dienone is 3. The lowest BCUT2D eigenvalue weighted by molar-refractivity contribution is -0.105. The van der Waals surface area contributed by atoms with Gasteiger partial charge in [-0.1, -0.05) is 11.6 Å². The minimum absolute atomic E-state index is 0.737. The van der Waals surface area contributed by atoms with Crippen LogP contribution in [0.4, 0.5) is 0 Å². The van der Waals surface area contributed by atoms with Crippen molar-refractivity contribution < 1.29 is 5.41 Å². The first-order valence-corrected chi connectivity index (χ1v) is 4.02.